The van der Waals surface area contributed by atoms with Crippen LogP contribution in [0.2, 0.25) is 0 Å². The number of esters is 1. The van der Waals surface area contributed by atoms with Gasteiger partial charge in [0.15, 0.2) is 5.75 Å². The van der Waals surface area contributed by atoms with E-state index in [1.807, 2.05) is 0 Å². The van der Waals surface area contributed by atoms with Crippen molar-refractivity contribution in [2.45, 2.75) is 13.3 Å². The largest absolute Gasteiger partial charge is 0.573 e. The standard InChI is InChI=1S/C20H15F3N2O5/c1-11(26)29-17-14-5-3-4-6-15(14)25(2)19(28)16(17)18(27)24-12-7-9-13(10-8-12)30-20(21,22)23/h3-10H,1-2H3,(H,24,27). The first kappa shape index (κ1) is 20.9. The summed E-state index contributed by atoms with van der Waals surface area (Å²) in [6.45, 7) is 1.13. The molecule has 0 fully saturated rings. The second kappa shape index (κ2) is 7.90. The average Bonchev–Trinajstić information content (AvgIpc) is 2.66. The van der Waals surface area contributed by atoms with Crippen LogP contribution >= 0.6 is 0 Å². The molecule has 0 aliphatic carbocycles. The smallest absolute Gasteiger partial charge is 0.425 e. The van der Waals surface area contributed by atoms with Crippen molar-refractivity contribution >= 4 is 28.5 Å². The molecule has 0 saturated heterocycles. The lowest BCUT2D eigenvalue weighted by Crippen LogP contribution is -2.29. The van der Waals surface area contributed by atoms with Crippen LogP contribution in [0.1, 0.15) is 17.3 Å². The lowest BCUT2D eigenvalue weighted by Gasteiger charge is -2.15. The number of rotatable bonds is 4. The van der Waals surface area contributed by atoms with Gasteiger partial charge < -0.3 is 19.4 Å². The lowest BCUT2D eigenvalue weighted by molar-refractivity contribution is -0.274. The van der Waals surface area contributed by atoms with Gasteiger partial charge in [-0.1, -0.05) is 12.1 Å². The van der Waals surface area contributed by atoms with E-state index in [2.05, 4.69) is 10.1 Å². The number of nitrogens with one attached hydrogen (secondary N) is 1. The van der Waals surface area contributed by atoms with Gasteiger partial charge in [-0.15, -0.1) is 13.2 Å². The van der Waals surface area contributed by atoms with E-state index in [-0.39, 0.29) is 11.4 Å². The molecule has 0 atom stereocenters. The van der Waals surface area contributed by atoms with Crippen LogP contribution in [-0.2, 0) is 11.8 Å². The number of anilines is 1. The highest BCUT2D eigenvalue weighted by Gasteiger charge is 2.31. The van der Waals surface area contributed by atoms with Crippen LogP contribution in [0.25, 0.3) is 10.9 Å². The van der Waals surface area contributed by atoms with E-state index in [4.69, 9.17) is 4.74 Å². The van der Waals surface area contributed by atoms with Gasteiger partial charge in [-0.3, -0.25) is 14.4 Å². The Balaban J connectivity index is 2.01. The molecule has 0 spiro atoms. The number of halogens is 3. The Labute approximate surface area is 167 Å². The van der Waals surface area contributed by atoms with Crippen molar-refractivity contribution in [2.75, 3.05) is 5.32 Å². The fraction of sp³-hybridized carbons (Fsp3) is 0.150. The zero-order chi connectivity index (χ0) is 22.1. The number of ether oxygens (including phenoxy) is 2. The summed E-state index contributed by atoms with van der Waals surface area (Å²) in [5, 5.41) is 2.78. The number of para-hydroxylation sites is 1. The third kappa shape index (κ3) is 4.43. The summed E-state index contributed by atoms with van der Waals surface area (Å²) in [5.41, 5.74) is -0.566. The molecule has 0 bridgehead atoms. The van der Waals surface area contributed by atoms with E-state index in [1.165, 1.54) is 23.7 Å². The van der Waals surface area contributed by atoms with Gasteiger partial charge in [-0.05, 0) is 36.4 Å². The number of hydrogen-bond acceptors (Lipinski definition) is 5. The topological polar surface area (TPSA) is 86.6 Å². The number of pyridine rings is 1. The third-order valence-corrected chi connectivity index (χ3v) is 4.07. The Morgan fingerprint density at radius 1 is 1.03 bits per heavy atom. The van der Waals surface area contributed by atoms with Crippen LogP contribution in [0.3, 0.4) is 0 Å². The molecular weight excluding hydrogens is 405 g/mol. The molecule has 1 aromatic heterocycles. The summed E-state index contributed by atoms with van der Waals surface area (Å²) in [6, 6.07) is 10.9. The Morgan fingerprint density at radius 2 is 1.67 bits per heavy atom. The SMILES string of the molecule is CC(=O)Oc1c(C(=O)Nc2ccc(OC(F)(F)F)cc2)c(=O)n(C)c2ccccc12. The summed E-state index contributed by atoms with van der Waals surface area (Å²) in [7, 11) is 1.46. The van der Waals surface area contributed by atoms with Crippen LogP contribution in [0.5, 0.6) is 11.5 Å². The van der Waals surface area contributed by atoms with Crippen LogP contribution in [0.4, 0.5) is 18.9 Å². The third-order valence-electron chi connectivity index (χ3n) is 4.07. The number of fused-ring (bicyclic) bond motifs is 1. The van der Waals surface area contributed by atoms with Crippen molar-refractivity contribution in [1.82, 2.24) is 4.57 Å². The summed E-state index contributed by atoms with van der Waals surface area (Å²) in [5.74, 6) is -2.28. The van der Waals surface area contributed by atoms with Crippen molar-refractivity contribution in [3.05, 3.63) is 64.4 Å². The molecule has 156 valence electrons. The molecule has 1 N–H and O–H groups in total. The molecule has 3 aromatic rings. The van der Waals surface area contributed by atoms with Crippen LogP contribution in [0.15, 0.2) is 53.3 Å². The quantitative estimate of drug-likeness (QED) is 0.652. The molecule has 0 unspecified atom stereocenters. The Hall–Kier alpha value is -3.82. The zero-order valence-corrected chi connectivity index (χ0v) is 15.7. The van der Waals surface area contributed by atoms with Crippen LogP contribution < -0.4 is 20.3 Å². The first-order chi connectivity index (χ1) is 14.1. The lowest BCUT2D eigenvalue weighted by atomic mass is 10.1. The molecule has 0 radical (unpaired) electrons. The number of nitrogens with zero attached hydrogens (tertiary/aromatic N) is 1. The predicted octanol–water partition coefficient (Wildman–Crippen LogP) is 3.61. The number of carbonyl (C=O) groups excluding carboxylic acids is 2. The van der Waals surface area contributed by atoms with Crippen LogP contribution in [-0.4, -0.2) is 22.8 Å². The van der Waals surface area contributed by atoms with Gasteiger partial charge >= 0.3 is 12.3 Å². The molecule has 7 nitrogen and oxygen atoms in total. The highest BCUT2D eigenvalue weighted by molar-refractivity contribution is 6.09. The van der Waals surface area contributed by atoms with E-state index < -0.39 is 35.1 Å². The number of aryl methyl sites for hydroxylation is 1. The molecule has 1 amide bonds. The maximum absolute atomic E-state index is 12.8. The maximum Gasteiger partial charge on any atom is 0.573 e. The van der Waals surface area contributed by atoms with Gasteiger partial charge in [-0.25, -0.2) is 0 Å². The van der Waals surface area contributed by atoms with E-state index in [1.54, 1.807) is 24.3 Å². The number of amides is 1. The van der Waals surface area contributed by atoms with Crippen LogP contribution in [0, 0.1) is 0 Å². The van der Waals surface area contributed by atoms with E-state index in [0.29, 0.717) is 10.9 Å². The minimum absolute atomic E-state index is 0.110. The molecule has 2 aromatic carbocycles. The zero-order valence-electron chi connectivity index (χ0n) is 15.7. The molecule has 30 heavy (non-hydrogen) atoms. The monoisotopic (exact) mass is 420 g/mol. The summed E-state index contributed by atoms with van der Waals surface area (Å²) < 4.78 is 47.0. The van der Waals surface area contributed by atoms with E-state index in [0.717, 1.165) is 19.1 Å². The molecule has 1 heterocycles. The minimum Gasteiger partial charge on any atom is -0.425 e. The fourth-order valence-corrected chi connectivity index (χ4v) is 2.85. The van der Waals surface area contributed by atoms with E-state index in [9.17, 15) is 27.6 Å². The van der Waals surface area contributed by atoms with Gasteiger partial charge in [0, 0.05) is 25.0 Å². The van der Waals surface area contributed by atoms with Crippen molar-refractivity contribution < 1.29 is 32.2 Å². The fourth-order valence-electron chi connectivity index (χ4n) is 2.85. The average molecular weight is 420 g/mol. The summed E-state index contributed by atoms with van der Waals surface area (Å²) >= 11 is 0. The second-order valence-corrected chi connectivity index (χ2v) is 6.21. The number of hydrogen-bond donors (Lipinski definition) is 1. The molecule has 0 saturated carbocycles. The van der Waals surface area contributed by atoms with Gasteiger partial charge in [0.1, 0.15) is 11.3 Å². The van der Waals surface area contributed by atoms with Gasteiger partial charge in [0.25, 0.3) is 11.5 Å². The summed E-state index contributed by atoms with van der Waals surface area (Å²) in [4.78, 5) is 37.2. The first-order valence-electron chi connectivity index (χ1n) is 8.54. The maximum atomic E-state index is 12.8. The molecule has 0 aliphatic rings. The number of aromatic nitrogens is 1. The Morgan fingerprint density at radius 3 is 2.27 bits per heavy atom. The van der Waals surface area contributed by atoms with E-state index >= 15 is 0 Å². The predicted molar refractivity (Wildman–Crippen MR) is 102 cm³/mol. The molecule has 3 rings (SSSR count). The highest BCUT2D eigenvalue weighted by atomic mass is 19.4. The number of alkyl halides is 3. The van der Waals surface area contributed by atoms with Gasteiger partial charge in [0.05, 0.1) is 5.52 Å². The van der Waals surface area contributed by atoms with Crippen molar-refractivity contribution in [2.24, 2.45) is 7.05 Å². The van der Waals surface area contributed by atoms with Gasteiger partial charge in [-0.2, -0.15) is 0 Å². The number of benzene rings is 2. The van der Waals surface area contributed by atoms with Crippen molar-refractivity contribution in [3.8, 4) is 11.5 Å². The normalized spacial score (nSPS) is 11.2. The minimum atomic E-state index is -4.85. The molecule has 10 heteroatoms. The second-order valence-electron chi connectivity index (χ2n) is 6.21. The Bertz CT molecular complexity index is 1180. The first-order valence-corrected chi connectivity index (χ1v) is 8.54. The Kier molecular flexibility index (Phi) is 5.50. The van der Waals surface area contributed by atoms with Crippen molar-refractivity contribution in [1.29, 1.82) is 0 Å². The number of carbonyl (C=O) groups is 2. The van der Waals surface area contributed by atoms with Gasteiger partial charge in [0.2, 0.25) is 0 Å². The molecule has 0 aliphatic heterocycles. The van der Waals surface area contributed by atoms with Crippen molar-refractivity contribution in [3.63, 3.8) is 0 Å². The molecular formula is C20H15F3N2O5. The highest BCUT2D eigenvalue weighted by Crippen LogP contribution is 2.29. The summed E-state index contributed by atoms with van der Waals surface area (Å²) in [6.07, 6.45) is -4.85.